The van der Waals surface area contributed by atoms with Gasteiger partial charge in [-0.3, -0.25) is 9.52 Å². The molecule has 0 aromatic heterocycles. The lowest BCUT2D eigenvalue weighted by Gasteiger charge is -2.23. The summed E-state index contributed by atoms with van der Waals surface area (Å²) in [6, 6.07) is 6.78. The number of rotatable bonds is 4. The number of carbonyl (C=O) groups is 1. The highest BCUT2D eigenvalue weighted by Gasteiger charge is 2.57. The Labute approximate surface area is 130 Å². The summed E-state index contributed by atoms with van der Waals surface area (Å²) in [4.78, 5) is 12.4. The van der Waals surface area contributed by atoms with Gasteiger partial charge in [0.25, 0.3) is 0 Å². The van der Waals surface area contributed by atoms with Crippen LogP contribution in [0.1, 0.15) is 19.3 Å². The van der Waals surface area contributed by atoms with Gasteiger partial charge in [-0.2, -0.15) is 0 Å². The van der Waals surface area contributed by atoms with Gasteiger partial charge in [0.15, 0.2) is 0 Å². The molecule has 6 nitrogen and oxygen atoms in total. The first-order chi connectivity index (χ1) is 10.4. The molecule has 120 valence electrons. The lowest BCUT2D eigenvalue weighted by Crippen LogP contribution is -2.31. The fraction of sp³-hybridized carbons (Fsp3) is 0.533. The van der Waals surface area contributed by atoms with E-state index >= 15 is 0 Å². The third kappa shape index (κ3) is 3.41. The molecular formula is C15H21N3O3S. The molecule has 1 amide bonds. The number of anilines is 2. The van der Waals surface area contributed by atoms with Crippen LogP contribution in [0.4, 0.5) is 11.4 Å². The van der Waals surface area contributed by atoms with Crippen LogP contribution in [0.5, 0.6) is 0 Å². The SMILES string of the molecule is CS(=O)(=O)Nc1cccc(NC(=O)C2CC23CCNCC3)c1. The number of amides is 1. The maximum Gasteiger partial charge on any atom is 0.229 e. The average molecular weight is 323 g/mol. The zero-order valence-corrected chi connectivity index (χ0v) is 13.4. The van der Waals surface area contributed by atoms with Gasteiger partial charge < -0.3 is 10.6 Å². The zero-order valence-electron chi connectivity index (χ0n) is 12.6. The maximum absolute atomic E-state index is 12.4. The first-order valence-corrected chi connectivity index (χ1v) is 9.37. The highest BCUT2D eigenvalue weighted by atomic mass is 32.2. The molecule has 1 aliphatic carbocycles. The van der Waals surface area contributed by atoms with Crippen molar-refractivity contribution in [2.24, 2.45) is 11.3 Å². The van der Waals surface area contributed by atoms with Crippen molar-refractivity contribution in [3.8, 4) is 0 Å². The zero-order chi connectivity index (χ0) is 15.8. The van der Waals surface area contributed by atoms with Gasteiger partial charge in [0.2, 0.25) is 15.9 Å². The summed E-state index contributed by atoms with van der Waals surface area (Å²) in [5.74, 6) is 0.125. The molecule has 1 aromatic rings. The van der Waals surface area contributed by atoms with Gasteiger partial charge in [-0.1, -0.05) is 6.07 Å². The summed E-state index contributed by atoms with van der Waals surface area (Å²) >= 11 is 0. The van der Waals surface area contributed by atoms with Crippen molar-refractivity contribution in [1.29, 1.82) is 0 Å². The van der Waals surface area contributed by atoms with Gasteiger partial charge in [-0.15, -0.1) is 0 Å². The van der Waals surface area contributed by atoms with Gasteiger partial charge in [0.1, 0.15) is 0 Å². The van der Waals surface area contributed by atoms with E-state index < -0.39 is 10.0 Å². The minimum absolute atomic E-state index is 0.0402. The van der Waals surface area contributed by atoms with E-state index in [1.807, 2.05) is 0 Å². The Morgan fingerprint density at radius 3 is 2.64 bits per heavy atom. The number of carbonyl (C=O) groups excluding carboxylic acids is 1. The minimum Gasteiger partial charge on any atom is -0.326 e. The summed E-state index contributed by atoms with van der Waals surface area (Å²) in [5, 5.41) is 6.23. The first kappa shape index (κ1) is 15.3. The molecule has 2 fully saturated rings. The molecule has 1 atom stereocenters. The fourth-order valence-corrected chi connectivity index (χ4v) is 3.85. The van der Waals surface area contributed by atoms with Crippen molar-refractivity contribution in [3.63, 3.8) is 0 Å². The molecule has 1 unspecified atom stereocenters. The van der Waals surface area contributed by atoms with Crippen molar-refractivity contribution >= 4 is 27.3 Å². The van der Waals surface area contributed by atoms with Crippen LogP contribution in [0.15, 0.2) is 24.3 Å². The topological polar surface area (TPSA) is 87.3 Å². The van der Waals surface area contributed by atoms with Gasteiger partial charge in [0.05, 0.1) is 11.9 Å². The van der Waals surface area contributed by atoms with Crippen LogP contribution in [0, 0.1) is 11.3 Å². The van der Waals surface area contributed by atoms with Crippen molar-refractivity contribution in [2.45, 2.75) is 19.3 Å². The van der Waals surface area contributed by atoms with Gasteiger partial charge in [-0.05, 0) is 56.0 Å². The molecular weight excluding hydrogens is 302 g/mol. The molecule has 22 heavy (non-hydrogen) atoms. The Morgan fingerprint density at radius 1 is 1.27 bits per heavy atom. The van der Waals surface area contributed by atoms with Crippen LogP contribution in [-0.2, 0) is 14.8 Å². The molecule has 1 spiro atoms. The standard InChI is InChI=1S/C15H21N3O3S/c1-22(20,21)18-12-4-2-3-11(9-12)17-14(19)13-10-15(13)5-7-16-8-6-15/h2-4,9,13,16,18H,5-8,10H2,1H3,(H,17,19). The van der Waals surface area contributed by atoms with E-state index in [2.05, 4.69) is 15.4 Å². The largest absolute Gasteiger partial charge is 0.326 e. The van der Waals surface area contributed by atoms with E-state index in [1.165, 1.54) is 0 Å². The fourth-order valence-electron chi connectivity index (χ4n) is 3.30. The molecule has 0 radical (unpaired) electrons. The predicted molar refractivity (Wildman–Crippen MR) is 86.2 cm³/mol. The number of piperidine rings is 1. The predicted octanol–water partition coefficient (Wildman–Crippen LogP) is 1.39. The minimum atomic E-state index is -3.32. The second kappa shape index (κ2) is 5.55. The summed E-state index contributed by atoms with van der Waals surface area (Å²) in [5.41, 5.74) is 1.26. The third-order valence-electron chi connectivity index (χ3n) is 4.54. The molecule has 1 saturated carbocycles. The Hall–Kier alpha value is -1.60. The van der Waals surface area contributed by atoms with Gasteiger partial charge in [-0.25, -0.2) is 8.42 Å². The van der Waals surface area contributed by atoms with Crippen molar-refractivity contribution < 1.29 is 13.2 Å². The Balaban J connectivity index is 1.64. The lowest BCUT2D eigenvalue weighted by atomic mass is 9.92. The molecule has 0 bridgehead atoms. The molecule has 1 saturated heterocycles. The second-order valence-electron chi connectivity index (χ2n) is 6.31. The number of benzene rings is 1. The third-order valence-corrected chi connectivity index (χ3v) is 5.15. The summed E-state index contributed by atoms with van der Waals surface area (Å²) < 4.78 is 24.9. The maximum atomic E-state index is 12.4. The molecule has 3 N–H and O–H groups in total. The van der Waals surface area contributed by atoms with E-state index in [9.17, 15) is 13.2 Å². The summed E-state index contributed by atoms with van der Waals surface area (Å²) in [7, 11) is -3.32. The molecule has 1 aliphatic heterocycles. The number of hydrogen-bond acceptors (Lipinski definition) is 4. The molecule has 1 heterocycles. The highest BCUT2D eigenvalue weighted by molar-refractivity contribution is 7.92. The first-order valence-electron chi connectivity index (χ1n) is 7.47. The van der Waals surface area contributed by atoms with E-state index in [-0.39, 0.29) is 17.2 Å². The van der Waals surface area contributed by atoms with Crippen molar-refractivity contribution in [1.82, 2.24) is 5.32 Å². The van der Waals surface area contributed by atoms with Crippen molar-refractivity contribution in [3.05, 3.63) is 24.3 Å². The molecule has 7 heteroatoms. The Bertz CT molecular complexity index is 681. The smallest absolute Gasteiger partial charge is 0.229 e. The van der Waals surface area contributed by atoms with E-state index in [4.69, 9.17) is 0 Å². The van der Waals surface area contributed by atoms with Crippen molar-refractivity contribution in [2.75, 3.05) is 29.4 Å². The van der Waals surface area contributed by atoms with Crippen LogP contribution in [-0.4, -0.2) is 33.7 Å². The summed E-state index contributed by atoms with van der Waals surface area (Å²) in [6.07, 6.45) is 4.17. The lowest BCUT2D eigenvalue weighted by molar-refractivity contribution is -0.118. The van der Waals surface area contributed by atoms with E-state index in [0.717, 1.165) is 38.6 Å². The van der Waals surface area contributed by atoms with Crippen LogP contribution in [0.2, 0.25) is 0 Å². The Morgan fingerprint density at radius 2 is 1.95 bits per heavy atom. The van der Waals surface area contributed by atoms with Crippen LogP contribution in [0.25, 0.3) is 0 Å². The van der Waals surface area contributed by atoms with Crippen LogP contribution in [0.3, 0.4) is 0 Å². The van der Waals surface area contributed by atoms with Gasteiger partial charge in [0, 0.05) is 11.6 Å². The monoisotopic (exact) mass is 323 g/mol. The quantitative estimate of drug-likeness (QED) is 0.781. The van der Waals surface area contributed by atoms with E-state index in [0.29, 0.717) is 11.4 Å². The number of hydrogen-bond donors (Lipinski definition) is 3. The van der Waals surface area contributed by atoms with Gasteiger partial charge >= 0.3 is 0 Å². The molecule has 2 aliphatic rings. The van der Waals surface area contributed by atoms with E-state index in [1.54, 1.807) is 24.3 Å². The Kier molecular flexibility index (Phi) is 3.86. The van der Waals surface area contributed by atoms with Crippen LogP contribution < -0.4 is 15.4 Å². The number of nitrogens with one attached hydrogen (secondary N) is 3. The number of sulfonamides is 1. The molecule has 1 aromatic carbocycles. The molecule has 3 rings (SSSR count). The average Bonchev–Trinajstić information content (AvgIpc) is 3.11. The second-order valence-corrected chi connectivity index (χ2v) is 8.06. The highest BCUT2D eigenvalue weighted by Crippen LogP contribution is 2.58. The summed E-state index contributed by atoms with van der Waals surface area (Å²) in [6.45, 7) is 1.97. The van der Waals surface area contributed by atoms with Crippen LogP contribution >= 0.6 is 0 Å². The normalized spacial score (nSPS) is 23.0.